The molecule has 0 radical (unpaired) electrons. The maximum atomic E-state index is 14.7. The van der Waals surface area contributed by atoms with Gasteiger partial charge in [-0.15, -0.1) is 0 Å². The third-order valence-electron chi connectivity index (χ3n) is 6.47. The lowest BCUT2D eigenvalue weighted by molar-refractivity contribution is 0.312. The number of nitriles is 1. The Hall–Kier alpha value is -4.25. The number of primary sulfonamides is 1. The molecule has 0 unspecified atom stereocenters. The lowest BCUT2D eigenvalue weighted by Crippen LogP contribution is -2.45. The molecule has 0 amide bonds. The average Bonchev–Trinajstić information content (AvgIpc) is 3.30. The molecule has 196 valence electrons. The number of hydrogen-bond donors (Lipinski definition) is 4. The van der Waals surface area contributed by atoms with Crippen molar-refractivity contribution in [2.45, 2.75) is 4.90 Å². The zero-order valence-electron chi connectivity index (χ0n) is 20.6. The fourth-order valence-corrected chi connectivity index (χ4v) is 5.28. The van der Waals surface area contributed by atoms with Crippen molar-refractivity contribution in [1.82, 2.24) is 14.9 Å². The Kier molecular flexibility index (Phi) is 6.85. The number of allylic oxidation sites excluding steroid dienone is 1. The maximum absolute atomic E-state index is 14.7. The van der Waals surface area contributed by atoms with Gasteiger partial charge in [0, 0.05) is 50.1 Å². The highest BCUT2D eigenvalue weighted by molar-refractivity contribution is 7.89. The number of nitrogens with two attached hydrogens (primary N) is 1. The fourth-order valence-electron chi connectivity index (χ4n) is 4.50. The van der Waals surface area contributed by atoms with Crippen LogP contribution in [-0.4, -0.2) is 63.1 Å². The van der Waals surface area contributed by atoms with Gasteiger partial charge in [-0.1, -0.05) is 12.1 Å². The summed E-state index contributed by atoms with van der Waals surface area (Å²) < 4.78 is 39.5. The Labute approximate surface area is 219 Å². The molecule has 0 spiro atoms. The quantitative estimate of drug-likeness (QED) is 0.347. The van der Waals surface area contributed by atoms with Gasteiger partial charge in [-0.25, -0.2) is 22.9 Å². The van der Waals surface area contributed by atoms with E-state index in [0.29, 0.717) is 36.7 Å². The van der Waals surface area contributed by atoms with Crippen LogP contribution in [0.4, 0.5) is 38.9 Å². The third kappa shape index (κ3) is 5.23. The minimum atomic E-state index is -4.02. The van der Waals surface area contributed by atoms with Crippen LogP contribution in [0.5, 0.6) is 0 Å². The summed E-state index contributed by atoms with van der Waals surface area (Å²) in [6.07, 6.45) is 2.50. The van der Waals surface area contributed by atoms with Gasteiger partial charge in [0.05, 0.1) is 29.3 Å². The number of halogens is 1. The monoisotopic (exact) mass is 535 g/mol. The number of fused-ring (bicyclic) bond motifs is 1. The van der Waals surface area contributed by atoms with Gasteiger partial charge in [-0.3, -0.25) is 0 Å². The zero-order chi connectivity index (χ0) is 26.9. The van der Waals surface area contributed by atoms with Crippen molar-refractivity contribution in [1.29, 1.82) is 5.26 Å². The van der Waals surface area contributed by atoms with E-state index in [1.807, 2.05) is 24.1 Å². The molecule has 0 bridgehead atoms. The van der Waals surface area contributed by atoms with Gasteiger partial charge >= 0.3 is 0 Å². The van der Waals surface area contributed by atoms with Crippen molar-refractivity contribution >= 4 is 50.1 Å². The van der Waals surface area contributed by atoms with E-state index in [1.54, 1.807) is 24.3 Å². The minimum absolute atomic E-state index is 0.0142. The van der Waals surface area contributed by atoms with E-state index in [1.165, 1.54) is 12.1 Å². The normalized spacial score (nSPS) is 16.6. The summed E-state index contributed by atoms with van der Waals surface area (Å²) in [6.45, 7) is 3.44. The highest BCUT2D eigenvalue weighted by Crippen LogP contribution is 2.38. The topological polar surface area (TPSA) is 152 Å². The summed E-state index contributed by atoms with van der Waals surface area (Å²) in [7, 11) is -2.01. The standard InChI is InChI=1S/C25H26FN9O2S/c1-34-9-11-35(12-10-34)21-6-5-17(13-22(21)38(28,36)37)31-25-30-15-19(26)24(33-25)32-20-4-2-3-18-16(7-8-27)14-29-23(18)20/h2-7,13,15,29H,9-12,14H2,1H3,(H2,28,36,37)(H2,30,31,32,33)/b16-7-. The summed E-state index contributed by atoms with van der Waals surface area (Å²) in [5.74, 6) is -0.682. The average molecular weight is 536 g/mol. The molecule has 2 aliphatic heterocycles. The summed E-state index contributed by atoms with van der Waals surface area (Å²) in [5, 5.41) is 23.7. The van der Waals surface area contributed by atoms with E-state index in [9.17, 15) is 12.8 Å². The van der Waals surface area contributed by atoms with Crippen molar-refractivity contribution in [2.75, 3.05) is 60.6 Å². The lowest BCUT2D eigenvalue weighted by Gasteiger charge is -2.35. The van der Waals surface area contributed by atoms with Crippen LogP contribution in [0.1, 0.15) is 5.56 Å². The molecule has 3 heterocycles. The largest absolute Gasteiger partial charge is 0.379 e. The molecule has 0 saturated carbocycles. The van der Waals surface area contributed by atoms with Crippen LogP contribution in [0.2, 0.25) is 0 Å². The second-order valence-corrected chi connectivity index (χ2v) is 10.6. The van der Waals surface area contributed by atoms with E-state index >= 15 is 0 Å². The van der Waals surface area contributed by atoms with E-state index in [4.69, 9.17) is 10.4 Å². The molecule has 1 fully saturated rings. The summed E-state index contributed by atoms with van der Waals surface area (Å²) in [5.41, 5.74) is 3.92. The second kappa shape index (κ2) is 10.3. The van der Waals surface area contributed by atoms with Crippen molar-refractivity contribution in [3.05, 3.63) is 60.1 Å². The number of para-hydroxylation sites is 1. The number of piperazine rings is 1. The van der Waals surface area contributed by atoms with Crippen LogP contribution in [-0.2, 0) is 10.0 Å². The molecule has 5 N–H and O–H groups in total. The first-order chi connectivity index (χ1) is 18.2. The van der Waals surface area contributed by atoms with Crippen molar-refractivity contribution < 1.29 is 12.8 Å². The zero-order valence-corrected chi connectivity index (χ0v) is 21.4. The maximum Gasteiger partial charge on any atom is 0.240 e. The highest BCUT2D eigenvalue weighted by Gasteiger charge is 2.23. The Morgan fingerprint density at radius 2 is 1.97 bits per heavy atom. The van der Waals surface area contributed by atoms with E-state index < -0.39 is 15.8 Å². The van der Waals surface area contributed by atoms with Gasteiger partial charge < -0.3 is 25.8 Å². The van der Waals surface area contributed by atoms with Crippen molar-refractivity contribution in [3.8, 4) is 6.07 Å². The lowest BCUT2D eigenvalue weighted by atomic mass is 10.1. The molecule has 1 aromatic heterocycles. The van der Waals surface area contributed by atoms with Gasteiger partial charge in [0.1, 0.15) is 4.90 Å². The second-order valence-electron chi connectivity index (χ2n) is 9.04. The number of rotatable bonds is 6. The molecule has 0 aliphatic carbocycles. The number of hydrogen-bond acceptors (Lipinski definition) is 10. The van der Waals surface area contributed by atoms with Crippen LogP contribution in [0.25, 0.3) is 5.57 Å². The van der Waals surface area contributed by atoms with E-state index in [0.717, 1.165) is 36.1 Å². The van der Waals surface area contributed by atoms with E-state index in [2.05, 4.69) is 30.8 Å². The molecular formula is C25H26FN9O2S. The number of nitrogens with zero attached hydrogens (tertiary/aromatic N) is 5. The molecular weight excluding hydrogens is 509 g/mol. The van der Waals surface area contributed by atoms with Crippen molar-refractivity contribution in [3.63, 3.8) is 0 Å². The van der Waals surface area contributed by atoms with Crippen LogP contribution in [0.3, 0.4) is 0 Å². The SMILES string of the molecule is CN1CCN(c2ccc(Nc3ncc(F)c(Nc4cccc5c4NC/C5=C/C#N)n3)cc2S(N)(=O)=O)CC1. The Balaban J connectivity index is 1.41. The van der Waals surface area contributed by atoms with Crippen molar-refractivity contribution in [2.24, 2.45) is 5.14 Å². The Morgan fingerprint density at radius 1 is 1.18 bits per heavy atom. The molecule has 38 heavy (non-hydrogen) atoms. The number of likely N-dealkylation sites (N-methyl/N-ethyl adjacent to an activating group) is 1. The van der Waals surface area contributed by atoms with Gasteiger partial charge in [-0.2, -0.15) is 10.2 Å². The smallest absolute Gasteiger partial charge is 0.240 e. The highest BCUT2D eigenvalue weighted by atomic mass is 32.2. The molecule has 11 nitrogen and oxygen atoms in total. The number of aromatic nitrogens is 2. The number of benzene rings is 2. The Morgan fingerprint density at radius 3 is 2.71 bits per heavy atom. The number of anilines is 6. The fraction of sp³-hybridized carbons (Fsp3) is 0.240. The number of nitrogens with one attached hydrogen (secondary N) is 3. The predicted molar refractivity (Wildman–Crippen MR) is 145 cm³/mol. The first kappa shape index (κ1) is 25.4. The summed E-state index contributed by atoms with van der Waals surface area (Å²) >= 11 is 0. The van der Waals surface area contributed by atoms with Crippen LogP contribution >= 0.6 is 0 Å². The number of sulfonamides is 1. The molecule has 2 aliphatic rings. The minimum Gasteiger partial charge on any atom is -0.379 e. The van der Waals surface area contributed by atoms with Gasteiger partial charge in [0.25, 0.3) is 0 Å². The molecule has 0 atom stereocenters. The molecule has 3 aromatic rings. The molecule has 2 aromatic carbocycles. The molecule has 13 heteroatoms. The van der Waals surface area contributed by atoms with Gasteiger partial charge in [-0.05, 0) is 36.9 Å². The van der Waals surface area contributed by atoms with Crippen LogP contribution in [0, 0.1) is 17.1 Å². The van der Waals surface area contributed by atoms with Gasteiger partial charge in [0.2, 0.25) is 16.0 Å². The first-order valence-corrected chi connectivity index (χ1v) is 13.4. The molecule has 5 rings (SSSR count). The molecule has 1 saturated heterocycles. The van der Waals surface area contributed by atoms with Crippen LogP contribution < -0.4 is 26.0 Å². The summed E-state index contributed by atoms with van der Waals surface area (Å²) in [6, 6.07) is 12.3. The van der Waals surface area contributed by atoms with Gasteiger partial charge in [0.15, 0.2) is 11.6 Å². The Bertz CT molecular complexity index is 1560. The van der Waals surface area contributed by atoms with E-state index in [-0.39, 0.29) is 16.7 Å². The summed E-state index contributed by atoms with van der Waals surface area (Å²) in [4.78, 5) is 12.4. The van der Waals surface area contributed by atoms with Crippen LogP contribution in [0.15, 0.2) is 53.6 Å². The first-order valence-electron chi connectivity index (χ1n) is 11.9. The third-order valence-corrected chi connectivity index (χ3v) is 7.41. The predicted octanol–water partition coefficient (Wildman–Crippen LogP) is 2.83.